The minimum absolute atomic E-state index is 0.188. The molecule has 0 aliphatic carbocycles. The molecule has 0 aromatic rings. The van der Waals surface area contributed by atoms with Crippen molar-refractivity contribution >= 4 is 18.1 Å². The molecule has 0 atom stereocenters. The van der Waals surface area contributed by atoms with Crippen molar-refractivity contribution in [2.24, 2.45) is 0 Å². The number of carbonyl (C=O) groups is 3. The van der Waals surface area contributed by atoms with Crippen molar-refractivity contribution in [1.82, 2.24) is 0 Å². The normalized spacial score (nSPS) is 10.4. The Morgan fingerprint density at radius 3 is 1.52 bits per heavy atom. The summed E-state index contributed by atoms with van der Waals surface area (Å²) in [5.74, 6) is -0.689. The maximum absolute atomic E-state index is 11.3. The third-order valence-electron chi connectivity index (χ3n) is 4.29. The largest absolute Gasteiger partial charge is 0.516 e. The average Bonchev–Trinajstić information content (AvgIpc) is 2.61. The number of unbranched alkanes of at least 4 members (excludes halogenated alkanes) is 12. The van der Waals surface area contributed by atoms with Gasteiger partial charge in [-0.05, 0) is 19.8 Å². The van der Waals surface area contributed by atoms with Crippen molar-refractivity contribution in [2.45, 2.75) is 104 Å². The van der Waals surface area contributed by atoms with Gasteiger partial charge in [-0.1, -0.05) is 70.6 Å². The second kappa shape index (κ2) is 19.2. The van der Waals surface area contributed by atoms with Gasteiger partial charge in [0.25, 0.3) is 0 Å². The topological polar surface area (TPSA) is 78.9 Å². The van der Waals surface area contributed by atoms with Gasteiger partial charge in [0.05, 0.1) is 13.2 Å². The fourth-order valence-corrected chi connectivity index (χ4v) is 2.82. The van der Waals surface area contributed by atoms with Gasteiger partial charge in [0, 0.05) is 13.3 Å². The molecule has 0 aliphatic rings. The number of hydrogen-bond acceptors (Lipinski definition) is 6. The summed E-state index contributed by atoms with van der Waals surface area (Å²) in [7, 11) is 0. The van der Waals surface area contributed by atoms with Crippen LogP contribution >= 0.6 is 0 Å². The molecule has 0 saturated heterocycles. The Labute approximate surface area is 164 Å². The van der Waals surface area contributed by atoms with Crippen molar-refractivity contribution < 1.29 is 28.6 Å². The number of ether oxygens (including phenoxy) is 3. The third-order valence-corrected chi connectivity index (χ3v) is 4.29. The highest BCUT2D eigenvalue weighted by molar-refractivity contribution is 5.81. The van der Waals surface area contributed by atoms with Crippen LogP contribution in [-0.2, 0) is 23.8 Å². The van der Waals surface area contributed by atoms with Crippen molar-refractivity contribution in [3.05, 3.63) is 0 Å². The maximum Gasteiger partial charge on any atom is 0.516 e. The molecule has 0 unspecified atom stereocenters. The van der Waals surface area contributed by atoms with Crippen molar-refractivity contribution in [3.63, 3.8) is 0 Å². The number of rotatable bonds is 17. The molecule has 0 saturated carbocycles. The minimum Gasteiger partial charge on any atom is -0.466 e. The summed E-state index contributed by atoms with van der Waals surface area (Å²) in [5.41, 5.74) is 0. The van der Waals surface area contributed by atoms with E-state index in [0.717, 1.165) is 32.1 Å². The van der Waals surface area contributed by atoms with Gasteiger partial charge in [-0.15, -0.1) is 0 Å². The summed E-state index contributed by atoms with van der Waals surface area (Å²) in [4.78, 5) is 32.9. The van der Waals surface area contributed by atoms with E-state index in [1.54, 1.807) is 6.92 Å². The predicted octanol–water partition coefficient (Wildman–Crippen LogP) is 5.71. The van der Waals surface area contributed by atoms with Crippen molar-refractivity contribution in [2.75, 3.05) is 13.2 Å². The summed E-state index contributed by atoms with van der Waals surface area (Å²) in [6.45, 7) is 3.89. The lowest BCUT2D eigenvalue weighted by molar-refractivity contribution is -0.141. The Bertz CT molecular complexity index is 394. The molecule has 0 aromatic heterocycles. The Morgan fingerprint density at radius 2 is 1.07 bits per heavy atom. The van der Waals surface area contributed by atoms with E-state index in [9.17, 15) is 14.4 Å². The van der Waals surface area contributed by atoms with Crippen molar-refractivity contribution in [1.29, 1.82) is 0 Å². The van der Waals surface area contributed by atoms with Crippen LogP contribution in [0.3, 0.4) is 0 Å². The zero-order chi connectivity index (χ0) is 20.2. The van der Waals surface area contributed by atoms with Crippen LogP contribution in [0.2, 0.25) is 0 Å². The first-order valence-electron chi connectivity index (χ1n) is 10.6. The Hall–Kier alpha value is -1.59. The van der Waals surface area contributed by atoms with Crippen LogP contribution in [0.1, 0.15) is 104 Å². The molecule has 0 amide bonds. The van der Waals surface area contributed by atoms with Crippen LogP contribution < -0.4 is 0 Å². The molecule has 6 nitrogen and oxygen atoms in total. The van der Waals surface area contributed by atoms with Crippen LogP contribution in [0.15, 0.2) is 0 Å². The summed E-state index contributed by atoms with van der Waals surface area (Å²) in [6, 6.07) is 0. The van der Waals surface area contributed by atoms with Crippen LogP contribution in [0, 0.1) is 0 Å². The molecule has 0 aromatic carbocycles. The molecule has 0 N–H and O–H groups in total. The van der Waals surface area contributed by atoms with Gasteiger partial charge < -0.3 is 14.2 Å². The van der Waals surface area contributed by atoms with Crippen molar-refractivity contribution in [3.8, 4) is 0 Å². The highest BCUT2D eigenvalue weighted by Crippen LogP contribution is 2.13. The average molecular weight is 387 g/mol. The zero-order valence-corrected chi connectivity index (χ0v) is 17.3. The predicted molar refractivity (Wildman–Crippen MR) is 104 cm³/mol. The van der Waals surface area contributed by atoms with Crippen LogP contribution in [0.5, 0.6) is 0 Å². The number of esters is 2. The molecule has 158 valence electrons. The Morgan fingerprint density at radius 1 is 0.630 bits per heavy atom. The molecular weight excluding hydrogens is 348 g/mol. The third kappa shape index (κ3) is 20.6. The lowest BCUT2D eigenvalue weighted by Crippen LogP contribution is -2.13. The van der Waals surface area contributed by atoms with Crippen LogP contribution in [0.4, 0.5) is 4.79 Å². The smallest absolute Gasteiger partial charge is 0.466 e. The summed E-state index contributed by atoms with van der Waals surface area (Å²) < 4.78 is 14.0. The molecule has 0 rings (SSSR count). The highest BCUT2D eigenvalue weighted by Gasteiger charge is 2.10. The lowest BCUT2D eigenvalue weighted by atomic mass is 10.0. The van der Waals surface area contributed by atoms with Gasteiger partial charge in [0.1, 0.15) is 0 Å². The maximum atomic E-state index is 11.3. The zero-order valence-electron chi connectivity index (χ0n) is 17.3. The molecular formula is C21H38O6. The first-order chi connectivity index (χ1) is 13.1. The van der Waals surface area contributed by atoms with Gasteiger partial charge >= 0.3 is 18.1 Å². The second-order valence-corrected chi connectivity index (χ2v) is 6.84. The first-order valence-corrected chi connectivity index (χ1v) is 10.6. The van der Waals surface area contributed by atoms with E-state index < -0.39 is 12.1 Å². The molecule has 0 radical (unpaired) electrons. The van der Waals surface area contributed by atoms with Gasteiger partial charge in [-0.25, -0.2) is 4.79 Å². The quantitative estimate of drug-likeness (QED) is 0.181. The summed E-state index contributed by atoms with van der Waals surface area (Å²) >= 11 is 0. The highest BCUT2D eigenvalue weighted by atomic mass is 16.7. The van der Waals surface area contributed by atoms with Gasteiger partial charge in [-0.3, -0.25) is 9.59 Å². The van der Waals surface area contributed by atoms with Gasteiger partial charge in [-0.2, -0.15) is 0 Å². The first kappa shape index (κ1) is 25.4. The molecule has 0 heterocycles. The van der Waals surface area contributed by atoms with E-state index in [2.05, 4.69) is 9.47 Å². The summed E-state index contributed by atoms with van der Waals surface area (Å²) in [5, 5.41) is 0. The van der Waals surface area contributed by atoms with E-state index in [0.29, 0.717) is 6.61 Å². The second-order valence-electron chi connectivity index (χ2n) is 6.84. The van der Waals surface area contributed by atoms with E-state index in [-0.39, 0.29) is 19.0 Å². The lowest BCUT2D eigenvalue weighted by Gasteiger charge is -2.04. The minimum atomic E-state index is -0.899. The fourth-order valence-electron chi connectivity index (χ4n) is 2.82. The SMILES string of the molecule is CCOC(=O)OC(=O)CCCCCCCCCCCCCCCOC(C)=O. The number of carbonyl (C=O) groups excluding carboxylic acids is 3. The van der Waals surface area contributed by atoms with E-state index in [4.69, 9.17) is 4.74 Å². The molecule has 6 heteroatoms. The van der Waals surface area contributed by atoms with E-state index >= 15 is 0 Å². The van der Waals surface area contributed by atoms with E-state index in [1.807, 2.05) is 0 Å². The van der Waals surface area contributed by atoms with E-state index in [1.165, 1.54) is 58.3 Å². The molecule has 0 aliphatic heterocycles. The van der Waals surface area contributed by atoms with Crippen LogP contribution in [0.25, 0.3) is 0 Å². The Balaban J connectivity index is 3.17. The van der Waals surface area contributed by atoms with Gasteiger partial charge in [0.2, 0.25) is 0 Å². The summed E-state index contributed by atoms with van der Waals surface area (Å²) in [6.07, 6.45) is 14.4. The number of hydrogen-bond donors (Lipinski definition) is 0. The standard InChI is InChI=1S/C21H38O6/c1-3-25-21(24)27-20(23)17-15-13-11-9-7-5-4-6-8-10-12-14-16-18-26-19(2)22/h3-18H2,1-2H3. The molecule has 27 heavy (non-hydrogen) atoms. The molecule has 0 fully saturated rings. The van der Waals surface area contributed by atoms with Gasteiger partial charge in [0.15, 0.2) is 0 Å². The monoisotopic (exact) mass is 386 g/mol. The molecule has 0 bridgehead atoms. The molecule has 0 spiro atoms. The Kier molecular flexibility index (Phi) is 18.0. The fraction of sp³-hybridized carbons (Fsp3) is 0.857. The van der Waals surface area contributed by atoms with Crippen LogP contribution in [-0.4, -0.2) is 31.3 Å².